The van der Waals surface area contributed by atoms with Crippen LogP contribution in [0.25, 0.3) is 0 Å². The zero-order valence-corrected chi connectivity index (χ0v) is 16.9. The number of anilines is 1. The van der Waals surface area contributed by atoms with Crippen molar-refractivity contribution in [2.75, 3.05) is 18.5 Å². The predicted molar refractivity (Wildman–Crippen MR) is 111 cm³/mol. The molecule has 6 heteroatoms. The molecule has 2 aromatic rings. The van der Waals surface area contributed by atoms with Crippen LogP contribution in [-0.2, 0) is 17.6 Å². The van der Waals surface area contributed by atoms with Crippen LogP contribution in [0.1, 0.15) is 57.3 Å². The summed E-state index contributed by atoms with van der Waals surface area (Å²) in [5, 5.41) is 6.69. The average Bonchev–Trinajstić information content (AvgIpc) is 3.34. The number of nitrogens with one attached hydrogen (secondary N) is 2. The molecule has 1 aromatic heterocycles. The van der Waals surface area contributed by atoms with Gasteiger partial charge in [0, 0.05) is 23.6 Å². The third kappa shape index (κ3) is 4.13. The Morgan fingerprint density at radius 1 is 1.18 bits per heavy atom. The van der Waals surface area contributed by atoms with Crippen molar-refractivity contribution in [2.45, 2.75) is 45.1 Å². The first-order valence-corrected chi connectivity index (χ1v) is 10.8. The van der Waals surface area contributed by atoms with Gasteiger partial charge in [-0.2, -0.15) is 0 Å². The highest BCUT2D eigenvalue weighted by Gasteiger charge is 2.29. The normalized spacial score (nSPS) is 21.2. The number of thiophene rings is 1. The van der Waals surface area contributed by atoms with Crippen LogP contribution in [0.15, 0.2) is 30.3 Å². The summed E-state index contributed by atoms with van der Waals surface area (Å²) in [6.45, 7) is 3.53. The molecule has 2 aliphatic rings. The largest absolute Gasteiger partial charge is 0.376 e. The summed E-state index contributed by atoms with van der Waals surface area (Å²) in [5.74, 6) is 0.318. The van der Waals surface area contributed by atoms with Gasteiger partial charge in [-0.25, -0.2) is 0 Å². The molecule has 28 heavy (non-hydrogen) atoms. The lowest BCUT2D eigenvalue weighted by molar-refractivity contribution is 0.0857. The van der Waals surface area contributed by atoms with E-state index in [-0.39, 0.29) is 17.9 Å². The van der Waals surface area contributed by atoms with E-state index in [4.69, 9.17) is 4.74 Å². The fraction of sp³-hybridized carbons (Fsp3) is 0.455. The minimum Gasteiger partial charge on any atom is -0.376 e. The van der Waals surface area contributed by atoms with E-state index in [1.165, 1.54) is 4.88 Å². The van der Waals surface area contributed by atoms with Gasteiger partial charge < -0.3 is 15.4 Å². The molecule has 1 aliphatic heterocycles. The van der Waals surface area contributed by atoms with E-state index >= 15 is 0 Å². The molecule has 0 unspecified atom stereocenters. The standard InChI is InChI=1S/C22H26N2O3S/c1-14-9-10-17-18(12-14)28-22(24-20(25)15-6-3-2-4-7-15)19(17)21(26)23-13-16-8-5-11-27-16/h2-4,6-7,14,16H,5,8-13H2,1H3,(H,23,26)(H,24,25)/t14-,16-/m1/s1. The highest BCUT2D eigenvalue weighted by atomic mass is 32.1. The lowest BCUT2D eigenvalue weighted by atomic mass is 9.88. The highest BCUT2D eigenvalue weighted by molar-refractivity contribution is 7.17. The van der Waals surface area contributed by atoms with Gasteiger partial charge in [0.25, 0.3) is 11.8 Å². The van der Waals surface area contributed by atoms with Crippen molar-refractivity contribution in [3.63, 3.8) is 0 Å². The molecule has 4 rings (SSSR count). The summed E-state index contributed by atoms with van der Waals surface area (Å²) < 4.78 is 5.62. The Bertz CT molecular complexity index is 856. The molecule has 2 atom stereocenters. The summed E-state index contributed by atoms with van der Waals surface area (Å²) >= 11 is 1.55. The SMILES string of the molecule is C[C@@H]1CCc2c(sc(NC(=O)c3ccccc3)c2C(=O)NC[C@H]2CCCO2)C1. The molecule has 0 saturated carbocycles. The van der Waals surface area contributed by atoms with E-state index in [0.717, 1.165) is 44.3 Å². The zero-order chi connectivity index (χ0) is 19.5. The van der Waals surface area contributed by atoms with Crippen molar-refractivity contribution < 1.29 is 14.3 Å². The molecular weight excluding hydrogens is 372 g/mol. The molecule has 0 bridgehead atoms. The second kappa shape index (κ2) is 8.45. The van der Waals surface area contributed by atoms with Crippen LogP contribution in [0.5, 0.6) is 0 Å². The predicted octanol–water partition coefficient (Wildman–Crippen LogP) is 4.03. The van der Waals surface area contributed by atoms with Crippen LogP contribution in [0, 0.1) is 5.92 Å². The summed E-state index contributed by atoms with van der Waals surface area (Å²) in [5.41, 5.74) is 2.35. The average molecular weight is 399 g/mol. The molecule has 1 aromatic carbocycles. The Balaban J connectivity index is 1.57. The number of hydrogen-bond donors (Lipinski definition) is 2. The van der Waals surface area contributed by atoms with Gasteiger partial charge in [0.05, 0.1) is 11.7 Å². The van der Waals surface area contributed by atoms with Gasteiger partial charge in [-0.3, -0.25) is 9.59 Å². The molecule has 2 amide bonds. The number of amides is 2. The molecule has 5 nitrogen and oxygen atoms in total. The molecule has 0 radical (unpaired) electrons. The molecule has 148 valence electrons. The third-order valence-corrected chi connectivity index (χ3v) is 6.69. The number of rotatable bonds is 5. The minimum absolute atomic E-state index is 0.0980. The quantitative estimate of drug-likeness (QED) is 0.799. The number of fused-ring (bicyclic) bond motifs is 1. The van der Waals surface area contributed by atoms with Gasteiger partial charge >= 0.3 is 0 Å². The van der Waals surface area contributed by atoms with Gasteiger partial charge in [0.15, 0.2) is 0 Å². The van der Waals surface area contributed by atoms with Crippen molar-refractivity contribution in [2.24, 2.45) is 5.92 Å². The Kier molecular flexibility index (Phi) is 5.78. The first-order valence-electron chi connectivity index (χ1n) is 10.0. The lowest BCUT2D eigenvalue weighted by Gasteiger charge is -2.19. The first kappa shape index (κ1) is 19.2. The number of carbonyl (C=O) groups excluding carboxylic acids is 2. The summed E-state index contributed by atoms with van der Waals surface area (Å²) in [6, 6.07) is 9.12. The second-order valence-corrected chi connectivity index (χ2v) is 8.83. The highest BCUT2D eigenvalue weighted by Crippen LogP contribution is 2.39. The summed E-state index contributed by atoms with van der Waals surface area (Å²) in [4.78, 5) is 26.9. The van der Waals surface area contributed by atoms with E-state index < -0.39 is 0 Å². The molecule has 1 fully saturated rings. The van der Waals surface area contributed by atoms with Crippen LogP contribution in [0.3, 0.4) is 0 Å². The van der Waals surface area contributed by atoms with Crippen LogP contribution < -0.4 is 10.6 Å². The van der Waals surface area contributed by atoms with E-state index in [2.05, 4.69) is 17.6 Å². The maximum Gasteiger partial charge on any atom is 0.256 e. The zero-order valence-electron chi connectivity index (χ0n) is 16.1. The summed E-state index contributed by atoms with van der Waals surface area (Å²) in [7, 11) is 0. The third-order valence-electron chi connectivity index (χ3n) is 5.52. The van der Waals surface area contributed by atoms with E-state index in [1.54, 1.807) is 23.5 Å². The molecular formula is C22H26N2O3S. The Labute approximate surface area is 169 Å². The maximum atomic E-state index is 13.0. The van der Waals surface area contributed by atoms with Crippen LogP contribution in [-0.4, -0.2) is 31.1 Å². The number of carbonyl (C=O) groups is 2. The van der Waals surface area contributed by atoms with Gasteiger partial charge in [0.2, 0.25) is 0 Å². The minimum atomic E-state index is -0.180. The van der Waals surface area contributed by atoms with Crippen molar-refractivity contribution in [3.05, 3.63) is 51.9 Å². The smallest absolute Gasteiger partial charge is 0.256 e. The van der Waals surface area contributed by atoms with Crippen LogP contribution >= 0.6 is 11.3 Å². The van der Waals surface area contributed by atoms with Gasteiger partial charge in [-0.15, -0.1) is 11.3 Å². The summed E-state index contributed by atoms with van der Waals surface area (Å²) in [6.07, 6.45) is 5.05. The number of hydrogen-bond acceptors (Lipinski definition) is 4. The monoisotopic (exact) mass is 398 g/mol. The Morgan fingerprint density at radius 3 is 2.75 bits per heavy atom. The molecule has 2 heterocycles. The van der Waals surface area contributed by atoms with Crippen molar-refractivity contribution in [1.82, 2.24) is 5.32 Å². The lowest BCUT2D eigenvalue weighted by Crippen LogP contribution is -2.33. The Morgan fingerprint density at radius 2 is 2.00 bits per heavy atom. The van der Waals surface area contributed by atoms with E-state index in [0.29, 0.717) is 28.6 Å². The van der Waals surface area contributed by atoms with Crippen molar-refractivity contribution >= 4 is 28.2 Å². The van der Waals surface area contributed by atoms with Gasteiger partial charge in [0.1, 0.15) is 5.00 Å². The first-order chi connectivity index (χ1) is 13.6. The fourth-order valence-electron chi connectivity index (χ4n) is 3.94. The molecule has 0 spiro atoms. The van der Waals surface area contributed by atoms with Gasteiger partial charge in [-0.1, -0.05) is 25.1 Å². The topological polar surface area (TPSA) is 67.4 Å². The maximum absolute atomic E-state index is 13.0. The van der Waals surface area contributed by atoms with Crippen LogP contribution in [0.2, 0.25) is 0 Å². The Hall–Kier alpha value is -2.18. The van der Waals surface area contributed by atoms with E-state index in [9.17, 15) is 9.59 Å². The molecule has 1 aliphatic carbocycles. The van der Waals surface area contributed by atoms with Crippen molar-refractivity contribution in [3.8, 4) is 0 Å². The second-order valence-electron chi connectivity index (χ2n) is 7.72. The van der Waals surface area contributed by atoms with E-state index in [1.807, 2.05) is 18.2 Å². The fourth-order valence-corrected chi connectivity index (χ4v) is 5.35. The molecule has 2 N–H and O–H groups in total. The van der Waals surface area contributed by atoms with Crippen molar-refractivity contribution in [1.29, 1.82) is 0 Å². The molecule has 1 saturated heterocycles. The number of benzene rings is 1. The van der Waals surface area contributed by atoms with Crippen LogP contribution in [0.4, 0.5) is 5.00 Å². The van der Waals surface area contributed by atoms with Gasteiger partial charge in [-0.05, 0) is 55.7 Å². The number of ether oxygens (including phenoxy) is 1.